The van der Waals surface area contributed by atoms with E-state index in [0.717, 1.165) is 11.3 Å². The van der Waals surface area contributed by atoms with Crippen LogP contribution in [-0.2, 0) is 0 Å². The zero-order chi connectivity index (χ0) is 10.8. The normalized spacial score (nSPS) is 10.3. The summed E-state index contributed by atoms with van der Waals surface area (Å²) in [6, 6.07) is 8.73. The van der Waals surface area contributed by atoms with Crippen LogP contribution >= 0.6 is 23.2 Å². The summed E-state index contributed by atoms with van der Waals surface area (Å²) in [5.74, 6) is 0. The second kappa shape index (κ2) is 4.09. The second-order valence-corrected chi connectivity index (χ2v) is 3.94. The van der Waals surface area contributed by atoms with Crippen molar-refractivity contribution in [1.29, 1.82) is 0 Å². The van der Waals surface area contributed by atoms with Crippen molar-refractivity contribution in [1.82, 2.24) is 4.98 Å². The first-order valence-corrected chi connectivity index (χ1v) is 5.09. The maximum Gasteiger partial charge on any atom is 0.0737 e. The summed E-state index contributed by atoms with van der Waals surface area (Å²) >= 11 is 11.9. The Balaban J connectivity index is 2.58. The molecule has 0 unspecified atom stereocenters. The molecule has 0 amide bonds. The van der Waals surface area contributed by atoms with E-state index in [1.807, 2.05) is 0 Å². The van der Waals surface area contributed by atoms with Crippen molar-refractivity contribution in [3.63, 3.8) is 0 Å². The standard InChI is InChI=1S/C11H8Cl2N2/c12-7-1-2-10(13)9(5-7)11-6-8(14)3-4-15-11/h1-6H,(H2,14,15). The number of nitrogen functional groups attached to an aromatic ring is 1. The molecule has 1 aromatic heterocycles. The lowest BCUT2D eigenvalue weighted by molar-refractivity contribution is 1.33. The van der Waals surface area contributed by atoms with E-state index in [1.54, 1.807) is 36.5 Å². The van der Waals surface area contributed by atoms with Gasteiger partial charge in [0.05, 0.1) is 10.7 Å². The first kappa shape index (κ1) is 10.3. The fourth-order valence-electron chi connectivity index (χ4n) is 1.29. The first-order chi connectivity index (χ1) is 7.16. The number of hydrogen-bond donors (Lipinski definition) is 1. The maximum atomic E-state index is 6.04. The van der Waals surface area contributed by atoms with Crippen molar-refractivity contribution >= 4 is 28.9 Å². The Labute approximate surface area is 97.7 Å². The minimum Gasteiger partial charge on any atom is -0.399 e. The van der Waals surface area contributed by atoms with Gasteiger partial charge in [0, 0.05) is 22.5 Å². The van der Waals surface area contributed by atoms with Crippen molar-refractivity contribution in [2.24, 2.45) is 0 Å². The lowest BCUT2D eigenvalue weighted by Crippen LogP contribution is -1.89. The van der Waals surface area contributed by atoms with Crippen molar-refractivity contribution in [3.05, 3.63) is 46.6 Å². The molecule has 2 N–H and O–H groups in total. The molecule has 0 aliphatic heterocycles. The summed E-state index contributed by atoms with van der Waals surface area (Å²) in [5.41, 5.74) is 7.83. The van der Waals surface area contributed by atoms with Crippen LogP contribution in [0.25, 0.3) is 11.3 Å². The Bertz CT molecular complexity index is 498. The highest BCUT2D eigenvalue weighted by molar-refractivity contribution is 6.35. The average molecular weight is 239 g/mol. The third kappa shape index (κ3) is 2.22. The van der Waals surface area contributed by atoms with Crippen LogP contribution in [0.2, 0.25) is 10.0 Å². The molecule has 2 rings (SSSR count). The number of anilines is 1. The lowest BCUT2D eigenvalue weighted by Gasteiger charge is -2.04. The summed E-state index contributed by atoms with van der Waals surface area (Å²) in [5, 5.41) is 1.23. The van der Waals surface area contributed by atoms with Gasteiger partial charge < -0.3 is 5.73 Å². The Hall–Kier alpha value is -1.25. The summed E-state index contributed by atoms with van der Waals surface area (Å²) < 4.78 is 0. The fourth-order valence-corrected chi connectivity index (χ4v) is 1.67. The number of halogens is 2. The summed E-state index contributed by atoms with van der Waals surface area (Å²) in [6.07, 6.45) is 1.64. The lowest BCUT2D eigenvalue weighted by atomic mass is 10.1. The molecule has 76 valence electrons. The molecule has 1 aromatic carbocycles. The van der Waals surface area contributed by atoms with Crippen molar-refractivity contribution in [2.45, 2.75) is 0 Å². The third-order valence-corrected chi connectivity index (χ3v) is 2.55. The minimum atomic E-state index is 0.609. The molecule has 0 saturated carbocycles. The van der Waals surface area contributed by atoms with Crippen LogP contribution in [0.1, 0.15) is 0 Å². The predicted molar refractivity (Wildman–Crippen MR) is 64.1 cm³/mol. The van der Waals surface area contributed by atoms with Crippen LogP contribution in [0.15, 0.2) is 36.5 Å². The molecule has 0 bridgehead atoms. The first-order valence-electron chi connectivity index (χ1n) is 4.34. The maximum absolute atomic E-state index is 6.04. The minimum absolute atomic E-state index is 0.609. The molecule has 0 radical (unpaired) electrons. The molecule has 2 aromatic rings. The molecule has 2 nitrogen and oxygen atoms in total. The van der Waals surface area contributed by atoms with E-state index in [4.69, 9.17) is 28.9 Å². The number of pyridine rings is 1. The van der Waals surface area contributed by atoms with Gasteiger partial charge in [0.1, 0.15) is 0 Å². The predicted octanol–water partition coefficient (Wildman–Crippen LogP) is 3.64. The molecular weight excluding hydrogens is 231 g/mol. The molecule has 0 atom stereocenters. The van der Waals surface area contributed by atoms with Crippen LogP contribution in [-0.4, -0.2) is 4.98 Å². The van der Waals surface area contributed by atoms with E-state index in [-0.39, 0.29) is 0 Å². The van der Waals surface area contributed by atoms with E-state index in [0.29, 0.717) is 15.7 Å². The highest BCUT2D eigenvalue weighted by Crippen LogP contribution is 2.29. The Morgan fingerprint density at radius 2 is 1.87 bits per heavy atom. The molecule has 15 heavy (non-hydrogen) atoms. The molecular formula is C11H8Cl2N2. The van der Waals surface area contributed by atoms with E-state index in [1.165, 1.54) is 0 Å². The summed E-state index contributed by atoms with van der Waals surface area (Å²) in [4.78, 5) is 4.19. The van der Waals surface area contributed by atoms with Crippen LogP contribution in [0.5, 0.6) is 0 Å². The highest BCUT2D eigenvalue weighted by Gasteiger charge is 2.05. The largest absolute Gasteiger partial charge is 0.399 e. The van der Waals surface area contributed by atoms with Gasteiger partial charge in [-0.25, -0.2) is 0 Å². The zero-order valence-electron chi connectivity index (χ0n) is 7.74. The quantitative estimate of drug-likeness (QED) is 0.825. The van der Waals surface area contributed by atoms with Gasteiger partial charge in [-0.3, -0.25) is 4.98 Å². The monoisotopic (exact) mass is 238 g/mol. The van der Waals surface area contributed by atoms with Gasteiger partial charge in [-0.1, -0.05) is 23.2 Å². The number of nitrogens with zero attached hydrogens (tertiary/aromatic N) is 1. The SMILES string of the molecule is Nc1ccnc(-c2cc(Cl)ccc2Cl)c1. The van der Waals surface area contributed by atoms with Gasteiger partial charge >= 0.3 is 0 Å². The third-order valence-electron chi connectivity index (χ3n) is 1.99. The van der Waals surface area contributed by atoms with Gasteiger partial charge in [-0.2, -0.15) is 0 Å². The van der Waals surface area contributed by atoms with Crippen LogP contribution < -0.4 is 5.73 Å². The van der Waals surface area contributed by atoms with E-state index >= 15 is 0 Å². The van der Waals surface area contributed by atoms with Crippen molar-refractivity contribution in [2.75, 3.05) is 5.73 Å². The van der Waals surface area contributed by atoms with E-state index < -0.39 is 0 Å². The molecule has 0 saturated heterocycles. The van der Waals surface area contributed by atoms with Crippen molar-refractivity contribution in [3.8, 4) is 11.3 Å². The van der Waals surface area contributed by atoms with Crippen LogP contribution in [0.3, 0.4) is 0 Å². The molecule has 0 aliphatic carbocycles. The summed E-state index contributed by atoms with van der Waals surface area (Å²) in [6.45, 7) is 0. The van der Waals surface area contributed by atoms with Gasteiger partial charge in [-0.15, -0.1) is 0 Å². The van der Waals surface area contributed by atoms with Gasteiger partial charge in [0.15, 0.2) is 0 Å². The Morgan fingerprint density at radius 1 is 1.07 bits per heavy atom. The van der Waals surface area contributed by atoms with Gasteiger partial charge in [0.25, 0.3) is 0 Å². The number of nitrogens with two attached hydrogens (primary N) is 1. The Morgan fingerprint density at radius 3 is 2.60 bits per heavy atom. The van der Waals surface area contributed by atoms with Crippen LogP contribution in [0.4, 0.5) is 5.69 Å². The topological polar surface area (TPSA) is 38.9 Å². The van der Waals surface area contributed by atoms with E-state index in [2.05, 4.69) is 4.98 Å². The second-order valence-electron chi connectivity index (χ2n) is 3.10. The molecule has 1 heterocycles. The molecule has 4 heteroatoms. The molecule has 0 aliphatic rings. The van der Waals surface area contributed by atoms with Crippen LogP contribution in [0, 0.1) is 0 Å². The number of benzene rings is 1. The number of rotatable bonds is 1. The smallest absolute Gasteiger partial charge is 0.0737 e. The fraction of sp³-hybridized carbons (Fsp3) is 0. The Kier molecular flexibility index (Phi) is 2.80. The number of hydrogen-bond acceptors (Lipinski definition) is 2. The molecule has 0 fully saturated rings. The van der Waals surface area contributed by atoms with Gasteiger partial charge in [-0.05, 0) is 30.3 Å². The molecule has 0 spiro atoms. The summed E-state index contributed by atoms with van der Waals surface area (Å²) in [7, 11) is 0. The van der Waals surface area contributed by atoms with E-state index in [9.17, 15) is 0 Å². The average Bonchev–Trinajstić information content (AvgIpc) is 2.22. The highest BCUT2D eigenvalue weighted by atomic mass is 35.5. The van der Waals surface area contributed by atoms with Crippen molar-refractivity contribution < 1.29 is 0 Å². The van der Waals surface area contributed by atoms with Gasteiger partial charge in [0.2, 0.25) is 0 Å². The zero-order valence-corrected chi connectivity index (χ0v) is 9.26. The number of aromatic nitrogens is 1.